The fourth-order valence-electron chi connectivity index (χ4n) is 4.40. The first-order chi connectivity index (χ1) is 13.7. The second-order valence-electron chi connectivity index (χ2n) is 8.42. The molecule has 9 nitrogen and oxygen atoms in total. The number of rotatable bonds is 2. The van der Waals surface area contributed by atoms with E-state index in [-0.39, 0.29) is 11.7 Å². The molecule has 0 radical (unpaired) electrons. The van der Waals surface area contributed by atoms with E-state index in [1.807, 2.05) is 27.7 Å². The van der Waals surface area contributed by atoms with E-state index >= 15 is 0 Å². The number of tetrazole rings is 1. The van der Waals surface area contributed by atoms with Crippen molar-refractivity contribution in [2.24, 2.45) is 0 Å². The molecule has 3 heterocycles. The molecule has 3 N–H and O–H groups in total. The monoisotopic (exact) mass is 401 g/mol. The van der Waals surface area contributed by atoms with Crippen LogP contribution in [0.3, 0.4) is 0 Å². The fraction of sp³-hybridized carbons (Fsp3) is 0.600. The number of aromatic nitrogens is 4. The Balaban J connectivity index is 1.53. The number of carbonyl (C=O) groups excluding carboxylic acids is 1. The first kappa shape index (κ1) is 19.6. The van der Waals surface area contributed by atoms with Crippen LogP contribution in [0.1, 0.15) is 54.3 Å². The maximum absolute atomic E-state index is 13.4. The van der Waals surface area contributed by atoms with Crippen molar-refractivity contribution in [2.45, 2.75) is 64.6 Å². The van der Waals surface area contributed by atoms with Crippen LogP contribution in [-0.2, 0) is 16.8 Å². The number of hydrogen-bond acceptors (Lipinski definition) is 7. The standard InChI is InChI=1S/C20H27N5O4/c1-11-12(2)16-14(13(3)15(11)26)5-6-19(4,29-16)18(27)25-9-7-20(28,8-10-25)17-21-23-24-22-17/h26,28H,5-10H2,1-4H3,(H,21,22,23,24). The van der Waals surface area contributed by atoms with Crippen molar-refractivity contribution in [3.05, 3.63) is 28.1 Å². The van der Waals surface area contributed by atoms with Crippen LogP contribution in [0.15, 0.2) is 0 Å². The minimum absolute atomic E-state index is 0.0823. The maximum Gasteiger partial charge on any atom is 0.266 e. The molecule has 2 aromatic rings. The number of benzene rings is 1. The molecule has 1 fully saturated rings. The van der Waals surface area contributed by atoms with E-state index in [1.165, 1.54) is 0 Å². The Bertz CT molecular complexity index is 951. The number of ether oxygens (including phenoxy) is 1. The number of likely N-dealkylation sites (tertiary alicyclic amines) is 1. The molecule has 29 heavy (non-hydrogen) atoms. The van der Waals surface area contributed by atoms with E-state index in [0.29, 0.717) is 50.3 Å². The van der Waals surface area contributed by atoms with Crippen LogP contribution >= 0.6 is 0 Å². The minimum atomic E-state index is -1.17. The maximum atomic E-state index is 13.4. The van der Waals surface area contributed by atoms with Gasteiger partial charge in [-0.2, -0.15) is 5.21 Å². The van der Waals surface area contributed by atoms with Gasteiger partial charge in [-0.1, -0.05) is 5.21 Å². The fourth-order valence-corrected chi connectivity index (χ4v) is 4.40. The van der Waals surface area contributed by atoms with Gasteiger partial charge in [-0.25, -0.2) is 0 Å². The SMILES string of the molecule is Cc1c(C)c2c(c(C)c1O)CCC(C)(C(=O)N1CCC(O)(c3nn[nH]n3)CC1)O2. The number of piperidine rings is 1. The zero-order chi connectivity index (χ0) is 21.0. The summed E-state index contributed by atoms with van der Waals surface area (Å²) < 4.78 is 6.30. The van der Waals surface area contributed by atoms with Gasteiger partial charge in [-0.15, -0.1) is 10.2 Å². The largest absolute Gasteiger partial charge is 0.507 e. The van der Waals surface area contributed by atoms with Crippen LogP contribution in [0.25, 0.3) is 0 Å². The Labute approximate surface area is 169 Å². The summed E-state index contributed by atoms with van der Waals surface area (Å²) in [5.41, 5.74) is 1.29. The second kappa shape index (κ2) is 6.69. The van der Waals surface area contributed by atoms with Crippen molar-refractivity contribution in [3.8, 4) is 11.5 Å². The topological polar surface area (TPSA) is 124 Å². The van der Waals surface area contributed by atoms with Gasteiger partial charge < -0.3 is 19.8 Å². The van der Waals surface area contributed by atoms with Crippen molar-refractivity contribution in [1.29, 1.82) is 0 Å². The van der Waals surface area contributed by atoms with Crippen molar-refractivity contribution in [3.63, 3.8) is 0 Å². The highest BCUT2D eigenvalue weighted by atomic mass is 16.5. The number of aromatic amines is 1. The molecule has 0 bridgehead atoms. The Morgan fingerprint density at radius 2 is 1.83 bits per heavy atom. The van der Waals surface area contributed by atoms with E-state index in [1.54, 1.807) is 4.90 Å². The van der Waals surface area contributed by atoms with Crippen LogP contribution in [0.4, 0.5) is 0 Å². The first-order valence-corrected chi connectivity index (χ1v) is 9.92. The molecule has 4 rings (SSSR count). The molecule has 0 spiro atoms. The number of amides is 1. The van der Waals surface area contributed by atoms with Crippen molar-refractivity contribution >= 4 is 5.91 Å². The molecule has 1 aromatic carbocycles. The van der Waals surface area contributed by atoms with E-state index < -0.39 is 11.2 Å². The Morgan fingerprint density at radius 1 is 1.14 bits per heavy atom. The number of phenols is 1. The summed E-state index contributed by atoms with van der Waals surface area (Å²) in [7, 11) is 0. The summed E-state index contributed by atoms with van der Waals surface area (Å²) in [6.45, 7) is 8.27. The highest BCUT2D eigenvalue weighted by Crippen LogP contribution is 2.44. The van der Waals surface area contributed by atoms with Gasteiger partial charge in [0.15, 0.2) is 5.60 Å². The zero-order valence-electron chi connectivity index (χ0n) is 17.2. The molecule has 2 aliphatic rings. The summed E-state index contributed by atoms with van der Waals surface area (Å²) in [5, 5.41) is 34.8. The number of H-pyrrole nitrogens is 1. The highest BCUT2D eigenvalue weighted by molar-refractivity contribution is 5.86. The van der Waals surface area contributed by atoms with Gasteiger partial charge in [0.1, 0.15) is 17.1 Å². The third-order valence-electron chi connectivity index (χ3n) is 6.61. The molecule has 0 saturated carbocycles. The molecule has 1 amide bonds. The average molecular weight is 401 g/mol. The van der Waals surface area contributed by atoms with Gasteiger partial charge >= 0.3 is 0 Å². The number of aliphatic hydroxyl groups is 1. The van der Waals surface area contributed by atoms with Gasteiger partial charge in [0.2, 0.25) is 5.82 Å². The highest BCUT2D eigenvalue weighted by Gasteiger charge is 2.46. The Hall–Kier alpha value is -2.68. The summed E-state index contributed by atoms with van der Waals surface area (Å²) in [6.07, 6.45) is 1.89. The molecule has 1 aromatic heterocycles. The Morgan fingerprint density at radius 3 is 2.45 bits per heavy atom. The lowest BCUT2D eigenvalue weighted by molar-refractivity contribution is -0.153. The number of aromatic hydroxyl groups is 1. The first-order valence-electron chi connectivity index (χ1n) is 9.92. The van der Waals surface area contributed by atoms with Gasteiger partial charge in [0.25, 0.3) is 5.91 Å². The van der Waals surface area contributed by atoms with Gasteiger partial charge in [0, 0.05) is 37.9 Å². The summed E-state index contributed by atoms with van der Waals surface area (Å²) in [6, 6.07) is 0. The predicted molar refractivity (Wildman–Crippen MR) is 104 cm³/mol. The van der Waals surface area contributed by atoms with E-state index in [2.05, 4.69) is 20.6 Å². The number of nitrogens with zero attached hydrogens (tertiary/aromatic N) is 4. The molecular formula is C20H27N5O4. The minimum Gasteiger partial charge on any atom is -0.507 e. The van der Waals surface area contributed by atoms with Crippen LogP contribution < -0.4 is 4.74 Å². The smallest absolute Gasteiger partial charge is 0.266 e. The van der Waals surface area contributed by atoms with Crippen molar-refractivity contribution in [2.75, 3.05) is 13.1 Å². The quantitative estimate of drug-likeness (QED) is 0.695. The van der Waals surface area contributed by atoms with E-state index in [0.717, 1.165) is 22.3 Å². The van der Waals surface area contributed by atoms with Crippen LogP contribution in [0.5, 0.6) is 11.5 Å². The normalized spacial score (nSPS) is 23.4. The molecular weight excluding hydrogens is 374 g/mol. The summed E-state index contributed by atoms with van der Waals surface area (Å²) >= 11 is 0. The van der Waals surface area contributed by atoms with Gasteiger partial charge in [-0.3, -0.25) is 4.79 Å². The molecule has 0 aliphatic carbocycles. The second-order valence-corrected chi connectivity index (χ2v) is 8.42. The predicted octanol–water partition coefficient (Wildman–Crippen LogP) is 1.42. The number of phenolic OH excluding ortho intramolecular Hbond substituents is 1. The molecule has 1 unspecified atom stereocenters. The molecule has 2 aliphatic heterocycles. The van der Waals surface area contributed by atoms with Gasteiger partial charge in [0.05, 0.1) is 0 Å². The van der Waals surface area contributed by atoms with Crippen LogP contribution in [0, 0.1) is 20.8 Å². The molecule has 156 valence electrons. The van der Waals surface area contributed by atoms with Gasteiger partial charge in [-0.05, 0) is 50.8 Å². The average Bonchev–Trinajstić information content (AvgIpc) is 3.26. The third kappa shape index (κ3) is 3.04. The molecule has 1 atom stereocenters. The zero-order valence-corrected chi connectivity index (χ0v) is 17.2. The van der Waals surface area contributed by atoms with Crippen LogP contribution in [0.2, 0.25) is 0 Å². The lowest BCUT2D eigenvalue weighted by atomic mass is 9.85. The van der Waals surface area contributed by atoms with E-state index in [9.17, 15) is 15.0 Å². The summed E-state index contributed by atoms with van der Waals surface area (Å²) in [4.78, 5) is 15.1. The van der Waals surface area contributed by atoms with Crippen LogP contribution in [-0.4, -0.2) is 60.3 Å². The lowest BCUT2D eigenvalue weighted by Crippen LogP contribution is -2.56. The van der Waals surface area contributed by atoms with Crippen molar-refractivity contribution < 1.29 is 19.7 Å². The molecule has 9 heteroatoms. The number of fused-ring (bicyclic) bond motifs is 1. The third-order valence-corrected chi connectivity index (χ3v) is 6.61. The number of hydrogen-bond donors (Lipinski definition) is 3. The number of carbonyl (C=O) groups is 1. The lowest BCUT2D eigenvalue weighted by Gasteiger charge is -2.42. The van der Waals surface area contributed by atoms with E-state index in [4.69, 9.17) is 4.74 Å². The Kier molecular flexibility index (Phi) is 4.53. The summed E-state index contributed by atoms with van der Waals surface area (Å²) in [5.74, 6) is 1.19. The van der Waals surface area contributed by atoms with Crippen molar-refractivity contribution in [1.82, 2.24) is 25.5 Å². The number of nitrogens with one attached hydrogen (secondary N) is 1. The molecule has 1 saturated heterocycles.